The molecule has 1 atom stereocenters. The van der Waals surface area contributed by atoms with Crippen LogP contribution in [0.4, 0.5) is 10.1 Å². The van der Waals surface area contributed by atoms with Gasteiger partial charge in [0.2, 0.25) is 5.91 Å². The molecule has 0 saturated heterocycles. The Bertz CT molecular complexity index is 1470. The van der Waals surface area contributed by atoms with Gasteiger partial charge in [0.15, 0.2) is 5.76 Å². The monoisotopic (exact) mass is 526 g/mol. The van der Waals surface area contributed by atoms with Gasteiger partial charge in [-0.1, -0.05) is 57.2 Å². The van der Waals surface area contributed by atoms with E-state index in [4.69, 9.17) is 9.15 Å². The molecule has 1 aliphatic rings. The van der Waals surface area contributed by atoms with E-state index >= 15 is 0 Å². The molecule has 7 heteroatoms. The average Bonchev–Trinajstić information content (AvgIpc) is 3.41. The molecule has 3 aromatic carbocycles. The quantitative estimate of drug-likeness (QED) is 0.301. The van der Waals surface area contributed by atoms with Crippen LogP contribution in [0.25, 0.3) is 0 Å². The number of benzene rings is 3. The van der Waals surface area contributed by atoms with Crippen LogP contribution in [0, 0.1) is 11.2 Å². The first-order valence-electron chi connectivity index (χ1n) is 13.0. The van der Waals surface area contributed by atoms with E-state index in [0.29, 0.717) is 23.7 Å². The molecule has 6 nitrogen and oxygen atoms in total. The van der Waals surface area contributed by atoms with Gasteiger partial charge in [0.1, 0.15) is 23.9 Å². The fourth-order valence-electron chi connectivity index (χ4n) is 4.79. The zero-order valence-corrected chi connectivity index (χ0v) is 22.2. The summed E-state index contributed by atoms with van der Waals surface area (Å²) in [6.45, 7) is 6.62. The Morgan fingerprint density at radius 2 is 1.74 bits per heavy atom. The third kappa shape index (κ3) is 5.87. The van der Waals surface area contributed by atoms with Gasteiger partial charge in [0, 0.05) is 17.6 Å². The Balaban J connectivity index is 1.33. The molecular formula is C32H31FN2O4. The zero-order chi connectivity index (χ0) is 27.6. The predicted octanol–water partition coefficient (Wildman–Crippen LogP) is 6.77. The van der Waals surface area contributed by atoms with Crippen LogP contribution < -0.4 is 10.1 Å². The second-order valence-electron chi connectivity index (χ2n) is 10.7. The maximum atomic E-state index is 13.4. The molecule has 39 heavy (non-hydrogen) atoms. The van der Waals surface area contributed by atoms with E-state index in [0.717, 1.165) is 17.5 Å². The minimum atomic E-state index is -0.501. The van der Waals surface area contributed by atoms with Crippen LogP contribution in [0.15, 0.2) is 89.3 Å². The molecular weight excluding hydrogens is 495 g/mol. The topological polar surface area (TPSA) is 71.8 Å². The van der Waals surface area contributed by atoms with Crippen LogP contribution in [-0.4, -0.2) is 23.3 Å². The predicted molar refractivity (Wildman–Crippen MR) is 147 cm³/mol. The molecule has 2 heterocycles. The second-order valence-corrected chi connectivity index (χ2v) is 10.7. The number of fused-ring (bicyclic) bond motifs is 1. The average molecular weight is 527 g/mol. The number of rotatable bonds is 6. The summed E-state index contributed by atoms with van der Waals surface area (Å²) in [6.07, 6.45) is 0.769. The lowest BCUT2D eigenvalue weighted by molar-refractivity contribution is -0.141. The highest BCUT2D eigenvalue weighted by Crippen LogP contribution is 2.39. The number of amides is 2. The molecule has 5 rings (SSSR count). The van der Waals surface area contributed by atoms with Gasteiger partial charge in [-0.25, -0.2) is 4.39 Å². The molecule has 1 aliphatic heterocycles. The Hall–Kier alpha value is -4.39. The van der Waals surface area contributed by atoms with Crippen LogP contribution in [0.1, 0.15) is 59.8 Å². The fraction of sp³-hybridized carbons (Fsp3) is 0.250. The first kappa shape index (κ1) is 26.2. The van der Waals surface area contributed by atoms with Crippen molar-refractivity contribution in [2.45, 2.75) is 39.8 Å². The van der Waals surface area contributed by atoms with Crippen LogP contribution in [-0.2, 0) is 17.8 Å². The number of nitrogens with zero attached hydrogens (tertiary/aromatic N) is 1. The third-order valence-electron chi connectivity index (χ3n) is 6.73. The molecule has 2 amide bonds. The molecule has 4 aromatic rings. The van der Waals surface area contributed by atoms with Crippen molar-refractivity contribution in [1.82, 2.24) is 4.90 Å². The molecule has 0 radical (unpaired) electrons. The standard InChI is InChI=1S/C32H31FN2O4/c1-32(2,3)31(37)35-18-17-21-9-14-25(19-27(21)29(35)22-7-5-4-6-8-22)38-20-26-15-16-28(39-26)30(36)34-24-12-10-23(33)11-13-24/h4-16,19,29H,17-18,20H2,1-3H3,(H,34,36). The SMILES string of the molecule is CC(C)(C)C(=O)N1CCc2ccc(OCc3ccc(C(=O)Nc4ccc(F)cc4)o3)cc2C1c1ccccc1. The largest absolute Gasteiger partial charge is 0.486 e. The minimum Gasteiger partial charge on any atom is -0.486 e. The van der Waals surface area contributed by atoms with Gasteiger partial charge >= 0.3 is 0 Å². The molecule has 0 saturated carbocycles. The van der Waals surface area contributed by atoms with E-state index in [1.807, 2.05) is 56.0 Å². The summed E-state index contributed by atoms with van der Waals surface area (Å²) in [5.41, 5.74) is 3.25. The van der Waals surface area contributed by atoms with Gasteiger partial charge in [-0.15, -0.1) is 0 Å². The third-order valence-corrected chi connectivity index (χ3v) is 6.73. The van der Waals surface area contributed by atoms with Gasteiger partial charge < -0.3 is 19.4 Å². The Morgan fingerprint density at radius 3 is 2.46 bits per heavy atom. The van der Waals surface area contributed by atoms with Crippen molar-refractivity contribution in [2.75, 3.05) is 11.9 Å². The van der Waals surface area contributed by atoms with Gasteiger partial charge in [-0.2, -0.15) is 0 Å². The lowest BCUT2D eigenvalue weighted by Crippen LogP contribution is -2.45. The van der Waals surface area contributed by atoms with Crippen molar-refractivity contribution < 1.29 is 23.1 Å². The fourth-order valence-corrected chi connectivity index (χ4v) is 4.79. The van der Waals surface area contributed by atoms with Crippen molar-refractivity contribution >= 4 is 17.5 Å². The van der Waals surface area contributed by atoms with Crippen molar-refractivity contribution in [3.05, 3.63) is 119 Å². The van der Waals surface area contributed by atoms with Crippen LogP contribution in [0.2, 0.25) is 0 Å². The number of hydrogen-bond acceptors (Lipinski definition) is 4. The summed E-state index contributed by atoms with van der Waals surface area (Å²) in [5, 5.41) is 2.68. The maximum absolute atomic E-state index is 13.4. The number of carbonyl (C=O) groups is 2. The Morgan fingerprint density at radius 1 is 1.00 bits per heavy atom. The van der Waals surface area contributed by atoms with Crippen LogP contribution >= 0.6 is 0 Å². The molecule has 200 valence electrons. The number of hydrogen-bond donors (Lipinski definition) is 1. The molecule has 0 bridgehead atoms. The van der Waals surface area contributed by atoms with E-state index in [2.05, 4.69) is 23.5 Å². The van der Waals surface area contributed by atoms with Crippen molar-refractivity contribution in [1.29, 1.82) is 0 Å². The first-order chi connectivity index (χ1) is 18.7. The smallest absolute Gasteiger partial charge is 0.291 e. The normalized spacial score (nSPS) is 15.0. The molecule has 0 aliphatic carbocycles. The van der Waals surface area contributed by atoms with E-state index < -0.39 is 11.3 Å². The highest BCUT2D eigenvalue weighted by atomic mass is 19.1. The molecule has 1 aromatic heterocycles. The summed E-state index contributed by atoms with van der Waals surface area (Å²) in [7, 11) is 0. The number of carbonyl (C=O) groups excluding carboxylic acids is 2. The van der Waals surface area contributed by atoms with Gasteiger partial charge in [0.05, 0.1) is 6.04 Å². The van der Waals surface area contributed by atoms with E-state index in [1.165, 1.54) is 29.8 Å². The molecule has 1 unspecified atom stereocenters. The van der Waals surface area contributed by atoms with E-state index in [9.17, 15) is 14.0 Å². The Kier molecular flexibility index (Phi) is 7.24. The summed E-state index contributed by atoms with van der Waals surface area (Å²) in [5.74, 6) is 0.556. The summed E-state index contributed by atoms with van der Waals surface area (Å²) >= 11 is 0. The van der Waals surface area contributed by atoms with Crippen molar-refractivity contribution in [3.8, 4) is 5.75 Å². The van der Waals surface area contributed by atoms with Crippen molar-refractivity contribution in [3.63, 3.8) is 0 Å². The summed E-state index contributed by atoms with van der Waals surface area (Å²) < 4.78 is 24.9. The van der Waals surface area contributed by atoms with Crippen molar-refractivity contribution in [2.24, 2.45) is 5.41 Å². The summed E-state index contributed by atoms with van der Waals surface area (Å²) in [6, 6.07) is 24.6. The van der Waals surface area contributed by atoms with Gasteiger partial charge in [0.25, 0.3) is 5.91 Å². The zero-order valence-electron chi connectivity index (χ0n) is 22.2. The Labute approximate surface area is 227 Å². The lowest BCUT2D eigenvalue weighted by Gasteiger charge is -2.41. The van der Waals surface area contributed by atoms with Gasteiger partial charge in [-0.3, -0.25) is 9.59 Å². The lowest BCUT2D eigenvalue weighted by atomic mass is 9.85. The number of halogens is 1. The molecule has 0 fully saturated rings. The first-order valence-corrected chi connectivity index (χ1v) is 13.0. The maximum Gasteiger partial charge on any atom is 0.291 e. The van der Waals surface area contributed by atoms with Gasteiger partial charge in [-0.05, 0) is 71.6 Å². The highest BCUT2D eigenvalue weighted by molar-refractivity contribution is 6.02. The number of nitrogens with one attached hydrogen (secondary N) is 1. The van der Waals surface area contributed by atoms with Crippen LogP contribution in [0.3, 0.4) is 0 Å². The van der Waals surface area contributed by atoms with E-state index in [1.54, 1.807) is 12.1 Å². The highest BCUT2D eigenvalue weighted by Gasteiger charge is 2.37. The number of ether oxygens (including phenoxy) is 1. The molecule has 1 N–H and O–H groups in total. The summed E-state index contributed by atoms with van der Waals surface area (Å²) in [4.78, 5) is 27.9. The number of furan rings is 1. The second kappa shape index (κ2) is 10.8. The number of anilines is 1. The molecule has 0 spiro atoms. The van der Waals surface area contributed by atoms with E-state index in [-0.39, 0.29) is 30.1 Å². The minimum absolute atomic E-state index is 0.107. The van der Waals surface area contributed by atoms with Crippen LogP contribution in [0.5, 0.6) is 5.75 Å².